The van der Waals surface area contributed by atoms with Crippen LogP contribution in [0.1, 0.15) is 13.8 Å². The SMILES string of the molecule is CCOC(=C[SiH2]Oc1ccc(N)cc1)OCC. The lowest BCUT2D eigenvalue weighted by molar-refractivity contribution is 0.0474. The molecule has 1 rings (SSSR count). The molecular weight excluding hydrogens is 234 g/mol. The van der Waals surface area contributed by atoms with Gasteiger partial charge in [0.25, 0.3) is 15.7 Å². The fourth-order valence-electron chi connectivity index (χ4n) is 1.21. The van der Waals surface area contributed by atoms with Gasteiger partial charge in [0.05, 0.1) is 13.2 Å². The Morgan fingerprint density at radius 3 is 2.29 bits per heavy atom. The summed E-state index contributed by atoms with van der Waals surface area (Å²) >= 11 is 0. The molecule has 1 aromatic rings. The zero-order valence-electron chi connectivity index (χ0n) is 10.3. The Bertz CT molecular complexity index is 343. The van der Waals surface area contributed by atoms with Crippen LogP contribution in [-0.4, -0.2) is 23.0 Å². The van der Waals surface area contributed by atoms with Crippen molar-refractivity contribution in [2.75, 3.05) is 18.9 Å². The molecule has 0 aliphatic carbocycles. The lowest BCUT2D eigenvalue weighted by Gasteiger charge is -2.09. The molecule has 0 aliphatic rings. The van der Waals surface area contributed by atoms with Gasteiger partial charge < -0.3 is 19.6 Å². The van der Waals surface area contributed by atoms with Crippen molar-refractivity contribution in [1.29, 1.82) is 0 Å². The van der Waals surface area contributed by atoms with Gasteiger partial charge in [0, 0.05) is 11.4 Å². The van der Waals surface area contributed by atoms with Crippen LogP contribution in [0, 0.1) is 0 Å². The van der Waals surface area contributed by atoms with E-state index in [-0.39, 0.29) is 0 Å². The van der Waals surface area contributed by atoms with Crippen LogP contribution in [0.3, 0.4) is 0 Å². The van der Waals surface area contributed by atoms with E-state index >= 15 is 0 Å². The largest absolute Gasteiger partial charge is 0.545 e. The number of nitrogens with two attached hydrogens (primary N) is 1. The molecule has 0 saturated heterocycles. The van der Waals surface area contributed by atoms with Gasteiger partial charge in [-0.1, -0.05) is 0 Å². The second kappa shape index (κ2) is 7.62. The van der Waals surface area contributed by atoms with E-state index in [0.29, 0.717) is 19.2 Å². The van der Waals surface area contributed by atoms with Crippen LogP contribution in [0.4, 0.5) is 5.69 Å². The van der Waals surface area contributed by atoms with Crippen molar-refractivity contribution in [3.8, 4) is 5.75 Å². The third-order valence-electron chi connectivity index (χ3n) is 1.95. The third-order valence-corrected chi connectivity index (χ3v) is 2.95. The summed E-state index contributed by atoms with van der Waals surface area (Å²) in [5, 5.41) is 0. The summed E-state index contributed by atoms with van der Waals surface area (Å²) in [6.45, 7) is 5.05. The van der Waals surface area contributed by atoms with Crippen molar-refractivity contribution in [3.05, 3.63) is 35.9 Å². The van der Waals surface area contributed by atoms with Gasteiger partial charge in [-0.25, -0.2) is 0 Å². The monoisotopic (exact) mass is 253 g/mol. The Morgan fingerprint density at radius 2 is 1.76 bits per heavy atom. The topological polar surface area (TPSA) is 53.7 Å². The highest BCUT2D eigenvalue weighted by atomic mass is 28.2. The first-order valence-electron chi connectivity index (χ1n) is 5.70. The number of rotatable bonds is 7. The number of anilines is 1. The van der Waals surface area contributed by atoms with Gasteiger partial charge in [0.15, 0.2) is 0 Å². The third kappa shape index (κ3) is 5.30. The standard InChI is InChI=1S/C12H19NO3Si/c1-3-14-12(15-4-2)9-17-16-11-7-5-10(13)6-8-11/h5-9H,3-4,13,17H2,1-2H3. The van der Waals surface area contributed by atoms with Crippen LogP contribution in [0.2, 0.25) is 0 Å². The molecule has 0 amide bonds. The Hall–Kier alpha value is -1.62. The minimum Gasteiger partial charge on any atom is -0.545 e. The minimum atomic E-state index is -0.840. The van der Waals surface area contributed by atoms with Crippen molar-refractivity contribution in [1.82, 2.24) is 0 Å². The summed E-state index contributed by atoms with van der Waals surface area (Å²) in [6.07, 6.45) is 0. The number of hydrogen-bond acceptors (Lipinski definition) is 4. The normalized spacial score (nSPS) is 10.2. The van der Waals surface area contributed by atoms with E-state index in [1.165, 1.54) is 0 Å². The Balaban J connectivity index is 2.43. The van der Waals surface area contributed by atoms with Gasteiger partial charge in [0.1, 0.15) is 5.75 Å². The summed E-state index contributed by atoms with van der Waals surface area (Å²) in [6, 6.07) is 7.35. The predicted octanol–water partition coefficient (Wildman–Crippen LogP) is 1.60. The quantitative estimate of drug-likeness (QED) is 0.455. The first-order chi connectivity index (χ1) is 8.26. The average Bonchev–Trinajstić information content (AvgIpc) is 2.32. The molecule has 0 aromatic heterocycles. The molecule has 5 heteroatoms. The number of ether oxygens (including phenoxy) is 2. The molecule has 1 aromatic carbocycles. The molecule has 0 saturated carbocycles. The fraction of sp³-hybridized carbons (Fsp3) is 0.333. The molecule has 4 nitrogen and oxygen atoms in total. The van der Waals surface area contributed by atoms with Crippen LogP contribution in [-0.2, 0) is 9.47 Å². The van der Waals surface area contributed by atoms with Crippen molar-refractivity contribution in [3.63, 3.8) is 0 Å². The van der Waals surface area contributed by atoms with Gasteiger partial charge in [-0.05, 0) is 38.1 Å². The highest BCUT2D eigenvalue weighted by Crippen LogP contribution is 2.12. The number of benzene rings is 1. The molecule has 0 fully saturated rings. The molecule has 0 heterocycles. The van der Waals surface area contributed by atoms with E-state index in [4.69, 9.17) is 19.6 Å². The highest BCUT2D eigenvalue weighted by Gasteiger charge is 1.98. The fourth-order valence-corrected chi connectivity index (χ4v) is 2.05. The van der Waals surface area contributed by atoms with E-state index in [1.54, 1.807) is 0 Å². The summed E-state index contributed by atoms with van der Waals surface area (Å²) in [7, 11) is -0.840. The Labute approximate surface area is 104 Å². The zero-order chi connectivity index (χ0) is 12.5. The second-order valence-corrected chi connectivity index (χ2v) is 4.30. The summed E-state index contributed by atoms with van der Waals surface area (Å²) < 4.78 is 16.3. The smallest absolute Gasteiger partial charge is 0.273 e. The molecule has 94 valence electrons. The van der Waals surface area contributed by atoms with Gasteiger partial charge in [0.2, 0.25) is 0 Å². The summed E-state index contributed by atoms with van der Waals surface area (Å²) in [4.78, 5) is 0. The molecule has 17 heavy (non-hydrogen) atoms. The summed E-state index contributed by atoms with van der Waals surface area (Å²) in [5.41, 5.74) is 8.23. The van der Waals surface area contributed by atoms with E-state index in [2.05, 4.69) is 0 Å². The first-order valence-corrected chi connectivity index (χ1v) is 7.09. The molecule has 0 bridgehead atoms. The predicted molar refractivity (Wildman–Crippen MR) is 71.4 cm³/mol. The van der Waals surface area contributed by atoms with Crippen LogP contribution in [0.25, 0.3) is 0 Å². The summed E-state index contributed by atoms with van der Waals surface area (Å²) in [5.74, 6) is 1.39. The molecule has 0 atom stereocenters. The second-order valence-electron chi connectivity index (χ2n) is 3.27. The van der Waals surface area contributed by atoms with E-state index < -0.39 is 9.76 Å². The van der Waals surface area contributed by atoms with Crippen molar-refractivity contribution in [2.45, 2.75) is 13.8 Å². The molecule has 0 unspecified atom stereocenters. The van der Waals surface area contributed by atoms with E-state index in [9.17, 15) is 0 Å². The number of hydrogen-bond donors (Lipinski definition) is 1. The van der Waals surface area contributed by atoms with Crippen molar-refractivity contribution in [2.24, 2.45) is 0 Å². The van der Waals surface area contributed by atoms with Gasteiger partial charge in [-0.3, -0.25) is 0 Å². The van der Waals surface area contributed by atoms with Crippen LogP contribution < -0.4 is 10.2 Å². The molecule has 0 radical (unpaired) electrons. The lowest BCUT2D eigenvalue weighted by atomic mass is 10.3. The highest BCUT2D eigenvalue weighted by molar-refractivity contribution is 6.35. The molecule has 2 N–H and O–H groups in total. The first kappa shape index (κ1) is 13.4. The van der Waals surface area contributed by atoms with Gasteiger partial charge >= 0.3 is 0 Å². The lowest BCUT2D eigenvalue weighted by Crippen LogP contribution is -2.04. The maximum absolute atomic E-state index is 5.63. The van der Waals surface area contributed by atoms with E-state index in [1.807, 2.05) is 43.8 Å². The Morgan fingerprint density at radius 1 is 1.18 bits per heavy atom. The molecule has 0 spiro atoms. The number of nitrogen functional groups attached to an aromatic ring is 1. The zero-order valence-corrected chi connectivity index (χ0v) is 11.7. The molecule has 0 aliphatic heterocycles. The molecular formula is C12H19NO3Si. The minimum absolute atomic E-state index is 0.567. The van der Waals surface area contributed by atoms with Crippen LogP contribution >= 0.6 is 0 Å². The Kier molecular flexibility index (Phi) is 6.02. The maximum Gasteiger partial charge on any atom is 0.273 e. The van der Waals surface area contributed by atoms with Crippen LogP contribution in [0.15, 0.2) is 35.9 Å². The van der Waals surface area contributed by atoms with Gasteiger partial charge in [-0.2, -0.15) is 0 Å². The van der Waals surface area contributed by atoms with E-state index in [0.717, 1.165) is 11.4 Å². The average molecular weight is 253 g/mol. The van der Waals surface area contributed by atoms with Crippen molar-refractivity contribution >= 4 is 15.5 Å². The van der Waals surface area contributed by atoms with Crippen LogP contribution in [0.5, 0.6) is 5.75 Å². The van der Waals surface area contributed by atoms with Crippen molar-refractivity contribution < 1.29 is 13.9 Å². The van der Waals surface area contributed by atoms with Gasteiger partial charge in [-0.15, -0.1) is 0 Å². The maximum atomic E-state index is 5.63.